The highest BCUT2D eigenvalue weighted by atomic mass is 16.5. The number of aliphatic hydroxyl groups excluding tert-OH is 1. The van der Waals surface area contributed by atoms with Crippen molar-refractivity contribution in [1.82, 2.24) is 4.98 Å². The molecule has 0 spiro atoms. The molecule has 6 nitrogen and oxygen atoms in total. The van der Waals surface area contributed by atoms with Crippen LogP contribution in [0.4, 0.5) is 0 Å². The lowest BCUT2D eigenvalue weighted by Crippen LogP contribution is -2.32. The van der Waals surface area contributed by atoms with E-state index in [1.807, 2.05) is 26.0 Å². The van der Waals surface area contributed by atoms with Gasteiger partial charge >= 0.3 is 5.97 Å². The summed E-state index contributed by atoms with van der Waals surface area (Å²) in [5.41, 5.74) is 2.76. The number of carbonyl (C=O) groups is 2. The van der Waals surface area contributed by atoms with Gasteiger partial charge in [-0.1, -0.05) is 51.8 Å². The fraction of sp³-hybridized carbons (Fsp3) is 0.621. The first-order valence-corrected chi connectivity index (χ1v) is 13.0. The lowest BCUT2D eigenvalue weighted by Gasteiger charge is -2.29. The van der Waals surface area contributed by atoms with Gasteiger partial charge in [0.05, 0.1) is 0 Å². The molecule has 1 aliphatic rings. The number of cyclic esters (lactones) is 1. The van der Waals surface area contributed by atoms with Gasteiger partial charge in [0, 0.05) is 24.2 Å². The van der Waals surface area contributed by atoms with Crippen LogP contribution in [0.5, 0.6) is 0 Å². The predicted octanol–water partition coefficient (Wildman–Crippen LogP) is 6.85. The zero-order valence-corrected chi connectivity index (χ0v) is 21.9. The molecule has 1 N–H and O–H groups in total. The Hall–Kier alpha value is -2.47. The molecule has 3 rings (SSSR count). The summed E-state index contributed by atoms with van der Waals surface area (Å²) >= 11 is 0. The fourth-order valence-corrected chi connectivity index (χ4v) is 5.02. The van der Waals surface area contributed by atoms with E-state index in [4.69, 9.17) is 9.15 Å². The molecular weight excluding hydrogens is 442 g/mol. The van der Waals surface area contributed by atoms with E-state index in [1.54, 1.807) is 6.07 Å². The number of aliphatic hydroxyl groups is 1. The summed E-state index contributed by atoms with van der Waals surface area (Å²) in [7, 11) is 0. The maximum absolute atomic E-state index is 13.3. The van der Waals surface area contributed by atoms with Gasteiger partial charge in [0.25, 0.3) is 0 Å². The zero-order chi connectivity index (χ0) is 25.6. The standard InChI is InChI=1S/C29H41NO5/c1-6-21-16-20(3)9-7-8-19(2)10-12-24(35-27(32)14-15-29(4,5)28(21)33)22-11-13-25-23(17-22)30-26(18-31)34-25/h10-11,13,17,20-21,24,31H,6-9,12,14-16,18H2,1-5H3/b19-10-. The Morgan fingerprint density at radius 2 is 1.97 bits per heavy atom. The van der Waals surface area contributed by atoms with E-state index >= 15 is 0 Å². The first-order chi connectivity index (χ1) is 16.6. The molecule has 1 aromatic heterocycles. The summed E-state index contributed by atoms with van der Waals surface area (Å²) in [6, 6.07) is 5.54. The summed E-state index contributed by atoms with van der Waals surface area (Å²) in [4.78, 5) is 30.6. The van der Waals surface area contributed by atoms with Gasteiger partial charge in [-0.25, -0.2) is 4.98 Å². The monoisotopic (exact) mass is 483 g/mol. The molecule has 3 atom stereocenters. The SMILES string of the molecule is CCC1CC(C)CCC/C(C)=C\CC(c2ccc3oc(CO)nc3c2)OC(=O)CCC(C)(C)C1=O. The Balaban J connectivity index is 1.86. The molecule has 0 saturated heterocycles. The molecule has 0 saturated carbocycles. The van der Waals surface area contributed by atoms with Crippen LogP contribution in [0.1, 0.15) is 104 Å². The smallest absolute Gasteiger partial charge is 0.306 e. The molecule has 2 aromatic rings. The van der Waals surface area contributed by atoms with Crippen molar-refractivity contribution in [3.63, 3.8) is 0 Å². The number of ether oxygens (including phenoxy) is 1. The molecule has 6 heteroatoms. The summed E-state index contributed by atoms with van der Waals surface area (Å²) in [5, 5.41) is 9.33. The zero-order valence-electron chi connectivity index (χ0n) is 21.9. The highest BCUT2D eigenvalue weighted by molar-refractivity contribution is 5.86. The van der Waals surface area contributed by atoms with Crippen LogP contribution in [-0.4, -0.2) is 21.8 Å². The summed E-state index contributed by atoms with van der Waals surface area (Å²) in [5.74, 6) is 0.749. The summed E-state index contributed by atoms with van der Waals surface area (Å²) in [6.07, 6.45) is 7.88. The van der Waals surface area contributed by atoms with Crippen molar-refractivity contribution in [2.75, 3.05) is 0 Å². The largest absolute Gasteiger partial charge is 0.457 e. The van der Waals surface area contributed by atoms with E-state index in [9.17, 15) is 14.7 Å². The number of fused-ring (bicyclic) bond motifs is 1. The van der Waals surface area contributed by atoms with Crippen LogP contribution in [0.3, 0.4) is 0 Å². The number of Topliss-reactive ketones (excluding diaryl/α,β-unsaturated/α-hetero) is 1. The second kappa shape index (κ2) is 12.0. The minimum absolute atomic E-state index is 0.0336. The van der Waals surface area contributed by atoms with E-state index in [2.05, 4.69) is 31.8 Å². The van der Waals surface area contributed by atoms with Crippen molar-refractivity contribution in [3.8, 4) is 0 Å². The lowest BCUT2D eigenvalue weighted by molar-refractivity contribution is -0.150. The maximum atomic E-state index is 13.3. The van der Waals surface area contributed by atoms with Gasteiger partial charge in [0.1, 0.15) is 24.0 Å². The van der Waals surface area contributed by atoms with Gasteiger partial charge in [0.15, 0.2) is 5.58 Å². The Morgan fingerprint density at radius 3 is 2.69 bits per heavy atom. The first-order valence-electron chi connectivity index (χ1n) is 13.0. The molecule has 0 aliphatic carbocycles. The topological polar surface area (TPSA) is 89.6 Å². The van der Waals surface area contributed by atoms with E-state index in [1.165, 1.54) is 5.57 Å². The minimum atomic E-state index is -0.567. The average molecular weight is 484 g/mol. The number of ketones is 1. The van der Waals surface area contributed by atoms with Crippen LogP contribution < -0.4 is 0 Å². The van der Waals surface area contributed by atoms with Crippen molar-refractivity contribution < 1.29 is 23.8 Å². The molecule has 0 amide bonds. The normalized spacial score (nSPS) is 26.8. The van der Waals surface area contributed by atoms with Crippen molar-refractivity contribution >= 4 is 22.9 Å². The van der Waals surface area contributed by atoms with E-state index in [-0.39, 0.29) is 36.6 Å². The third-order valence-corrected chi connectivity index (χ3v) is 7.36. The summed E-state index contributed by atoms with van der Waals surface area (Å²) < 4.78 is 11.5. The van der Waals surface area contributed by atoms with Gasteiger partial charge in [0.2, 0.25) is 5.89 Å². The third-order valence-electron chi connectivity index (χ3n) is 7.36. The highest BCUT2D eigenvalue weighted by Crippen LogP contribution is 2.34. The molecule has 3 unspecified atom stereocenters. The van der Waals surface area contributed by atoms with Crippen molar-refractivity contribution in [2.24, 2.45) is 17.3 Å². The van der Waals surface area contributed by atoms with Crippen LogP contribution in [0.2, 0.25) is 0 Å². The Bertz CT molecular complexity index is 1050. The van der Waals surface area contributed by atoms with Gasteiger partial charge in [-0.3, -0.25) is 9.59 Å². The van der Waals surface area contributed by atoms with Crippen LogP contribution >= 0.6 is 0 Å². The van der Waals surface area contributed by atoms with Crippen molar-refractivity contribution in [1.29, 1.82) is 0 Å². The molecule has 1 aliphatic heterocycles. The number of oxazole rings is 1. The Labute approximate surface area is 209 Å². The van der Waals surface area contributed by atoms with E-state index in [0.717, 1.165) is 37.7 Å². The second-order valence-corrected chi connectivity index (χ2v) is 10.8. The number of esters is 1. The number of carbonyl (C=O) groups excluding carboxylic acids is 2. The fourth-order valence-electron chi connectivity index (χ4n) is 5.02. The Morgan fingerprint density at radius 1 is 1.20 bits per heavy atom. The van der Waals surface area contributed by atoms with Gasteiger partial charge in [-0.2, -0.15) is 0 Å². The Kier molecular flexibility index (Phi) is 9.28. The van der Waals surface area contributed by atoms with Gasteiger partial charge < -0.3 is 14.3 Å². The van der Waals surface area contributed by atoms with Crippen LogP contribution in [-0.2, 0) is 20.9 Å². The summed E-state index contributed by atoms with van der Waals surface area (Å²) in [6.45, 7) is 10.1. The van der Waals surface area contributed by atoms with Crippen LogP contribution in [0.25, 0.3) is 11.1 Å². The lowest BCUT2D eigenvalue weighted by atomic mass is 9.74. The number of nitrogens with zero attached hydrogens (tertiary/aromatic N) is 1. The van der Waals surface area contributed by atoms with Crippen LogP contribution in [0, 0.1) is 17.3 Å². The molecular formula is C29H41NO5. The second-order valence-electron chi connectivity index (χ2n) is 10.8. The molecule has 192 valence electrons. The van der Waals surface area contributed by atoms with Gasteiger partial charge in [-0.15, -0.1) is 0 Å². The van der Waals surface area contributed by atoms with E-state index in [0.29, 0.717) is 29.9 Å². The molecule has 35 heavy (non-hydrogen) atoms. The molecule has 0 fully saturated rings. The number of aromatic nitrogens is 1. The number of allylic oxidation sites excluding steroid dienone is 1. The molecule has 0 radical (unpaired) electrons. The van der Waals surface area contributed by atoms with Gasteiger partial charge in [-0.05, 0) is 62.6 Å². The first kappa shape index (κ1) is 27.1. The maximum Gasteiger partial charge on any atom is 0.306 e. The van der Waals surface area contributed by atoms with Crippen molar-refractivity contribution in [3.05, 3.63) is 41.3 Å². The van der Waals surface area contributed by atoms with Crippen LogP contribution in [0.15, 0.2) is 34.3 Å². The quantitative estimate of drug-likeness (QED) is 0.379. The molecule has 0 bridgehead atoms. The van der Waals surface area contributed by atoms with Crippen molar-refractivity contribution in [2.45, 2.75) is 98.7 Å². The highest BCUT2D eigenvalue weighted by Gasteiger charge is 2.34. The number of hydrogen-bond acceptors (Lipinski definition) is 6. The number of benzene rings is 1. The average Bonchev–Trinajstić information content (AvgIpc) is 3.25. The van der Waals surface area contributed by atoms with E-state index < -0.39 is 11.5 Å². The third kappa shape index (κ3) is 7.26. The molecule has 1 aromatic carbocycles. The number of rotatable bonds is 3. The minimum Gasteiger partial charge on any atom is -0.457 e. The predicted molar refractivity (Wildman–Crippen MR) is 137 cm³/mol. The number of hydrogen-bond donors (Lipinski definition) is 1. The molecule has 2 heterocycles.